The molecular formula is C13H7ClF3N3O. The van der Waals surface area contributed by atoms with Crippen LogP contribution in [0.5, 0.6) is 5.75 Å². The third-order valence-electron chi connectivity index (χ3n) is 2.30. The Labute approximate surface area is 122 Å². The zero-order valence-corrected chi connectivity index (χ0v) is 11.0. The molecule has 0 radical (unpaired) electrons. The van der Waals surface area contributed by atoms with Crippen LogP contribution in [0.2, 0.25) is 5.15 Å². The van der Waals surface area contributed by atoms with Crippen molar-refractivity contribution in [3.8, 4) is 11.8 Å². The van der Waals surface area contributed by atoms with Crippen molar-refractivity contribution in [2.24, 2.45) is 0 Å². The fraction of sp³-hybridized carbons (Fsp3) is 0.0769. The smallest absolute Gasteiger partial charge is 0.404 e. The van der Waals surface area contributed by atoms with Crippen molar-refractivity contribution in [1.29, 1.82) is 5.26 Å². The van der Waals surface area contributed by atoms with Crippen LogP contribution < -0.4 is 10.1 Å². The van der Waals surface area contributed by atoms with Gasteiger partial charge in [-0.2, -0.15) is 5.26 Å². The van der Waals surface area contributed by atoms with Crippen LogP contribution >= 0.6 is 11.6 Å². The number of pyridine rings is 1. The second-order valence-corrected chi connectivity index (χ2v) is 4.23. The highest BCUT2D eigenvalue weighted by Crippen LogP contribution is 2.32. The summed E-state index contributed by atoms with van der Waals surface area (Å²) < 4.78 is 40.8. The normalized spacial score (nSPS) is 10.8. The lowest BCUT2D eigenvalue weighted by Gasteiger charge is -2.14. The molecule has 0 amide bonds. The highest BCUT2D eigenvalue weighted by atomic mass is 35.5. The van der Waals surface area contributed by atoms with Crippen LogP contribution in [0.25, 0.3) is 0 Å². The SMILES string of the molecule is N#Cc1cc(Cl)nc(Nc2ccccc2OC(F)(F)F)c1. The number of halogens is 4. The Morgan fingerprint density at radius 3 is 2.62 bits per heavy atom. The Kier molecular flexibility index (Phi) is 4.19. The zero-order chi connectivity index (χ0) is 15.5. The second kappa shape index (κ2) is 5.89. The van der Waals surface area contributed by atoms with Gasteiger partial charge in [-0.1, -0.05) is 23.7 Å². The Hall–Kier alpha value is -2.46. The Balaban J connectivity index is 2.32. The summed E-state index contributed by atoms with van der Waals surface area (Å²) in [6.45, 7) is 0. The van der Waals surface area contributed by atoms with E-state index in [1.165, 1.54) is 30.3 Å². The van der Waals surface area contributed by atoms with Crippen LogP contribution in [0.3, 0.4) is 0 Å². The molecule has 1 aromatic carbocycles. The number of nitrogens with one attached hydrogen (secondary N) is 1. The fourth-order valence-corrected chi connectivity index (χ4v) is 1.76. The topological polar surface area (TPSA) is 57.9 Å². The van der Waals surface area contributed by atoms with Gasteiger partial charge in [-0.15, -0.1) is 13.2 Å². The third-order valence-corrected chi connectivity index (χ3v) is 2.49. The molecule has 0 aliphatic rings. The number of rotatable bonds is 3. The molecule has 108 valence electrons. The van der Waals surface area contributed by atoms with Gasteiger partial charge in [0.05, 0.1) is 17.3 Å². The number of hydrogen-bond donors (Lipinski definition) is 1. The van der Waals surface area contributed by atoms with E-state index in [9.17, 15) is 13.2 Å². The molecule has 2 aromatic rings. The molecule has 0 spiro atoms. The van der Waals surface area contributed by atoms with Gasteiger partial charge >= 0.3 is 6.36 Å². The summed E-state index contributed by atoms with van der Waals surface area (Å²) in [4.78, 5) is 3.88. The minimum atomic E-state index is -4.81. The van der Waals surface area contributed by atoms with Gasteiger partial charge in [-0.25, -0.2) is 4.98 Å². The summed E-state index contributed by atoms with van der Waals surface area (Å²) >= 11 is 5.73. The van der Waals surface area contributed by atoms with Gasteiger partial charge < -0.3 is 10.1 Å². The van der Waals surface area contributed by atoms with Gasteiger partial charge in [0.25, 0.3) is 0 Å². The predicted octanol–water partition coefficient (Wildman–Crippen LogP) is 4.25. The van der Waals surface area contributed by atoms with Crippen LogP contribution in [0.15, 0.2) is 36.4 Å². The van der Waals surface area contributed by atoms with Crippen molar-refractivity contribution in [3.63, 3.8) is 0 Å². The van der Waals surface area contributed by atoms with E-state index in [2.05, 4.69) is 15.0 Å². The third kappa shape index (κ3) is 4.26. The maximum absolute atomic E-state index is 12.3. The van der Waals surface area contributed by atoms with Crippen molar-refractivity contribution >= 4 is 23.1 Å². The van der Waals surface area contributed by atoms with Gasteiger partial charge in [-0.05, 0) is 24.3 Å². The molecule has 0 atom stereocenters. The van der Waals surface area contributed by atoms with Crippen LogP contribution in [0.1, 0.15) is 5.56 Å². The second-order valence-electron chi connectivity index (χ2n) is 3.84. The summed E-state index contributed by atoms with van der Waals surface area (Å²) in [5.74, 6) is -0.275. The lowest BCUT2D eigenvalue weighted by atomic mass is 10.2. The molecule has 1 heterocycles. The highest BCUT2D eigenvalue weighted by Gasteiger charge is 2.32. The Morgan fingerprint density at radius 2 is 1.95 bits per heavy atom. The quantitative estimate of drug-likeness (QED) is 0.861. The molecule has 0 saturated carbocycles. The molecule has 8 heteroatoms. The molecule has 2 rings (SSSR count). The number of nitriles is 1. The minimum Gasteiger partial charge on any atom is -0.404 e. The number of alkyl halides is 3. The number of hydrogen-bond acceptors (Lipinski definition) is 4. The summed E-state index contributed by atoms with van der Waals surface area (Å²) in [5.41, 5.74) is 0.278. The van der Waals surface area contributed by atoms with E-state index >= 15 is 0 Å². The molecule has 21 heavy (non-hydrogen) atoms. The molecule has 0 bridgehead atoms. The summed E-state index contributed by atoms with van der Waals surface area (Å²) in [6, 6.07) is 10.0. The first-order valence-electron chi connectivity index (χ1n) is 5.57. The first kappa shape index (κ1) is 14.9. The minimum absolute atomic E-state index is 0.0470. The van der Waals surface area contributed by atoms with Gasteiger partial charge in [0.1, 0.15) is 11.0 Å². The van der Waals surface area contributed by atoms with E-state index in [0.29, 0.717) is 0 Å². The van der Waals surface area contributed by atoms with E-state index in [4.69, 9.17) is 16.9 Å². The van der Waals surface area contributed by atoms with Crippen LogP contribution in [0, 0.1) is 11.3 Å². The molecule has 0 aliphatic heterocycles. The summed E-state index contributed by atoms with van der Waals surface area (Å²) in [6.07, 6.45) is -4.81. The zero-order valence-electron chi connectivity index (χ0n) is 10.3. The van der Waals surface area contributed by atoms with Crippen LogP contribution in [-0.4, -0.2) is 11.3 Å². The summed E-state index contributed by atoms with van der Waals surface area (Å²) in [5, 5.41) is 11.5. The Bertz CT molecular complexity index is 698. The number of ether oxygens (including phenoxy) is 1. The maximum atomic E-state index is 12.3. The van der Waals surface area contributed by atoms with Crippen LogP contribution in [-0.2, 0) is 0 Å². The predicted molar refractivity (Wildman–Crippen MR) is 70.4 cm³/mol. The summed E-state index contributed by atoms with van der Waals surface area (Å²) in [7, 11) is 0. The van der Waals surface area contributed by atoms with Gasteiger partial charge in [0, 0.05) is 0 Å². The largest absolute Gasteiger partial charge is 0.573 e. The standard InChI is InChI=1S/C13H7ClF3N3O/c14-11-5-8(7-18)6-12(20-11)19-9-3-1-2-4-10(9)21-13(15,16)17/h1-6H,(H,19,20). The molecule has 0 fully saturated rings. The van der Waals surface area contributed by atoms with Crippen LogP contribution in [0.4, 0.5) is 24.7 Å². The first-order valence-corrected chi connectivity index (χ1v) is 5.95. The first-order chi connectivity index (χ1) is 9.87. The van der Waals surface area contributed by atoms with E-state index in [-0.39, 0.29) is 22.2 Å². The average Bonchev–Trinajstić information content (AvgIpc) is 2.38. The number of para-hydroxylation sites is 2. The number of anilines is 2. The lowest BCUT2D eigenvalue weighted by Crippen LogP contribution is -2.17. The molecule has 0 saturated heterocycles. The monoisotopic (exact) mass is 313 g/mol. The molecular weight excluding hydrogens is 307 g/mol. The average molecular weight is 314 g/mol. The fourth-order valence-electron chi connectivity index (χ4n) is 1.55. The van der Waals surface area contributed by atoms with E-state index in [0.717, 1.165) is 6.07 Å². The highest BCUT2D eigenvalue weighted by molar-refractivity contribution is 6.29. The van der Waals surface area contributed by atoms with E-state index in [1.54, 1.807) is 0 Å². The van der Waals surface area contributed by atoms with E-state index in [1.807, 2.05) is 6.07 Å². The van der Waals surface area contributed by atoms with Gasteiger partial charge in [0.15, 0.2) is 5.75 Å². The number of benzene rings is 1. The van der Waals surface area contributed by atoms with E-state index < -0.39 is 12.1 Å². The van der Waals surface area contributed by atoms with Crippen molar-refractivity contribution in [1.82, 2.24) is 4.98 Å². The number of aromatic nitrogens is 1. The van der Waals surface area contributed by atoms with Crippen molar-refractivity contribution in [2.45, 2.75) is 6.36 Å². The molecule has 4 nitrogen and oxygen atoms in total. The molecule has 0 unspecified atom stereocenters. The molecule has 1 aromatic heterocycles. The number of nitrogens with zero attached hydrogens (tertiary/aromatic N) is 2. The Morgan fingerprint density at radius 1 is 1.24 bits per heavy atom. The maximum Gasteiger partial charge on any atom is 0.573 e. The van der Waals surface area contributed by atoms with Crippen molar-refractivity contribution in [3.05, 3.63) is 47.1 Å². The lowest BCUT2D eigenvalue weighted by molar-refractivity contribution is -0.274. The molecule has 0 aliphatic carbocycles. The van der Waals surface area contributed by atoms with Gasteiger partial charge in [-0.3, -0.25) is 0 Å². The van der Waals surface area contributed by atoms with Gasteiger partial charge in [0.2, 0.25) is 0 Å². The van der Waals surface area contributed by atoms with Crippen molar-refractivity contribution < 1.29 is 17.9 Å². The molecule has 1 N–H and O–H groups in total. The van der Waals surface area contributed by atoms with Crippen molar-refractivity contribution in [2.75, 3.05) is 5.32 Å².